The van der Waals surface area contributed by atoms with E-state index in [2.05, 4.69) is 0 Å². The van der Waals surface area contributed by atoms with Crippen LogP contribution in [-0.4, -0.2) is 78.1 Å². The van der Waals surface area contributed by atoms with Gasteiger partial charge < -0.3 is 20.0 Å². The quantitative estimate of drug-likeness (QED) is 0.724. The molecular weight excluding hydrogens is 351 g/mol. The van der Waals surface area contributed by atoms with Crippen LogP contribution in [0.3, 0.4) is 0 Å². The minimum Gasteiger partial charge on any atom is -0.390 e. The number of likely N-dealkylation sites (tertiary alicyclic amines) is 2. The van der Waals surface area contributed by atoms with E-state index in [0.717, 1.165) is 12.1 Å². The van der Waals surface area contributed by atoms with Crippen LogP contribution >= 0.6 is 0 Å². The number of rotatable bonds is 2. The van der Waals surface area contributed by atoms with Crippen LogP contribution in [0.4, 0.5) is 9.18 Å². The van der Waals surface area contributed by atoms with Gasteiger partial charge in [-0.25, -0.2) is 17.6 Å². The molecule has 2 fully saturated rings. The van der Waals surface area contributed by atoms with E-state index in [1.54, 1.807) is 0 Å². The second kappa shape index (κ2) is 6.89. The molecule has 2 N–H and O–H groups in total. The summed E-state index contributed by atoms with van der Waals surface area (Å²) in [6, 6.07) is 4.34. The lowest BCUT2D eigenvalue weighted by atomic mass is 10.1. The summed E-state index contributed by atoms with van der Waals surface area (Å²) in [6.07, 6.45) is -1.23. The fourth-order valence-electron chi connectivity index (χ4n) is 3.26. The molecule has 2 heterocycles. The maximum absolute atomic E-state index is 13.0. The zero-order chi connectivity index (χ0) is 18.2. The SMILES string of the molecule is O=C(N1CCC(O)C(O)C1)N1CCC(S(=O)(=O)c2ccc(F)cc2)C1. The number of carbonyl (C=O) groups excluding carboxylic acids is 1. The van der Waals surface area contributed by atoms with Crippen molar-refractivity contribution in [2.24, 2.45) is 0 Å². The van der Waals surface area contributed by atoms with Crippen LogP contribution in [0.5, 0.6) is 0 Å². The predicted molar refractivity (Wildman–Crippen MR) is 87.2 cm³/mol. The Morgan fingerprint density at radius 2 is 1.60 bits per heavy atom. The molecule has 2 aliphatic heterocycles. The second-order valence-corrected chi connectivity index (χ2v) is 8.74. The van der Waals surface area contributed by atoms with Crippen LogP contribution < -0.4 is 0 Å². The summed E-state index contributed by atoms with van der Waals surface area (Å²) in [5.74, 6) is -0.506. The molecule has 2 saturated heterocycles. The number of amides is 2. The molecule has 0 aliphatic carbocycles. The Labute approximate surface area is 145 Å². The number of aliphatic hydroxyl groups excluding tert-OH is 2. The molecule has 0 aromatic heterocycles. The fraction of sp³-hybridized carbons (Fsp3) is 0.562. The van der Waals surface area contributed by atoms with Crippen molar-refractivity contribution in [3.8, 4) is 0 Å². The van der Waals surface area contributed by atoms with Crippen LogP contribution in [0.15, 0.2) is 29.2 Å². The number of carbonyl (C=O) groups is 1. The summed E-state index contributed by atoms with van der Waals surface area (Å²) >= 11 is 0. The van der Waals surface area contributed by atoms with Gasteiger partial charge in [0.2, 0.25) is 0 Å². The number of urea groups is 1. The standard InChI is InChI=1S/C16H21FN2O5S/c17-11-1-3-12(4-2-11)25(23,24)13-5-7-18(9-13)16(22)19-8-6-14(20)15(21)10-19/h1-4,13-15,20-21H,5-10H2. The van der Waals surface area contributed by atoms with Gasteiger partial charge in [-0.05, 0) is 37.1 Å². The predicted octanol–water partition coefficient (Wildman–Crippen LogP) is 0.221. The molecule has 0 spiro atoms. The van der Waals surface area contributed by atoms with E-state index in [-0.39, 0.29) is 30.4 Å². The van der Waals surface area contributed by atoms with Crippen LogP contribution in [0.1, 0.15) is 12.8 Å². The van der Waals surface area contributed by atoms with Crippen molar-refractivity contribution in [3.05, 3.63) is 30.1 Å². The van der Waals surface area contributed by atoms with Gasteiger partial charge in [-0.3, -0.25) is 0 Å². The third kappa shape index (κ3) is 3.63. The van der Waals surface area contributed by atoms with Gasteiger partial charge in [0, 0.05) is 19.6 Å². The van der Waals surface area contributed by atoms with E-state index in [1.807, 2.05) is 0 Å². The van der Waals surface area contributed by atoms with E-state index in [9.17, 15) is 27.8 Å². The molecule has 3 rings (SSSR count). The molecule has 0 radical (unpaired) electrons. The van der Waals surface area contributed by atoms with Crippen LogP contribution in [0.2, 0.25) is 0 Å². The lowest BCUT2D eigenvalue weighted by Crippen LogP contribution is -2.52. The highest BCUT2D eigenvalue weighted by molar-refractivity contribution is 7.92. The zero-order valence-corrected chi connectivity index (χ0v) is 14.4. The van der Waals surface area contributed by atoms with Gasteiger partial charge in [0.25, 0.3) is 0 Å². The van der Waals surface area contributed by atoms with Gasteiger partial charge in [0.15, 0.2) is 9.84 Å². The van der Waals surface area contributed by atoms with Crippen molar-refractivity contribution in [1.29, 1.82) is 0 Å². The maximum Gasteiger partial charge on any atom is 0.320 e. The smallest absolute Gasteiger partial charge is 0.320 e. The molecule has 3 atom stereocenters. The Bertz CT molecular complexity index is 739. The number of halogens is 1. The average molecular weight is 372 g/mol. The first-order valence-corrected chi connectivity index (χ1v) is 9.73. The maximum atomic E-state index is 13.0. The Balaban J connectivity index is 1.67. The number of piperidine rings is 1. The van der Waals surface area contributed by atoms with Crippen molar-refractivity contribution in [1.82, 2.24) is 9.80 Å². The van der Waals surface area contributed by atoms with Crippen molar-refractivity contribution in [3.63, 3.8) is 0 Å². The molecule has 0 bridgehead atoms. The monoisotopic (exact) mass is 372 g/mol. The summed E-state index contributed by atoms with van der Waals surface area (Å²) in [5.41, 5.74) is 0. The minimum atomic E-state index is -3.64. The number of hydrogen-bond donors (Lipinski definition) is 2. The van der Waals surface area contributed by atoms with E-state index in [1.165, 1.54) is 21.9 Å². The third-order valence-corrected chi connectivity index (χ3v) is 7.01. The molecule has 7 nitrogen and oxygen atoms in total. The highest BCUT2D eigenvalue weighted by Crippen LogP contribution is 2.25. The van der Waals surface area contributed by atoms with E-state index in [4.69, 9.17) is 0 Å². The molecule has 2 amide bonds. The Morgan fingerprint density at radius 1 is 1.00 bits per heavy atom. The van der Waals surface area contributed by atoms with Crippen molar-refractivity contribution >= 4 is 15.9 Å². The van der Waals surface area contributed by atoms with Gasteiger partial charge >= 0.3 is 6.03 Å². The van der Waals surface area contributed by atoms with E-state index < -0.39 is 33.1 Å². The summed E-state index contributed by atoms with van der Waals surface area (Å²) in [5, 5.41) is 18.5. The first-order valence-electron chi connectivity index (χ1n) is 8.18. The van der Waals surface area contributed by atoms with Crippen molar-refractivity contribution in [2.45, 2.75) is 35.2 Å². The second-order valence-electron chi connectivity index (χ2n) is 6.51. The summed E-state index contributed by atoms with van der Waals surface area (Å²) in [4.78, 5) is 15.5. The van der Waals surface area contributed by atoms with E-state index in [0.29, 0.717) is 19.5 Å². The van der Waals surface area contributed by atoms with Crippen LogP contribution in [-0.2, 0) is 9.84 Å². The molecule has 2 aliphatic rings. The van der Waals surface area contributed by atoms with Gasteiger partial charge in [-0.2, -0.15) is 0 Å². The number of sulfone groups is 1. The first-order chi connectivity index (χ1) is 11.8. The number of nitrogens with zero attached hydrogens (tertiary/aromatic N) is 2. The number of benzene rings is 1. The zero-order valence-electron chi connectivity index (χ0n) is 13.6. The lowest BCUT2D eigenvalue weighted by Gasteiger charge is -2.35. The highest BCUT2D eigenvalue weighted by atomic mass is 32.2. The fourth-order valence-corrected chi connectivity index (χ4v) is 4.96. The molecule has 9 heteroatoms. The van der Waals surface area contributed by atoms with Crippen molar-refractivity contribution in [2.75, 3.05) is 26.2 Å². The minimum absolute atomic E-state index is 0.0336. The topological polar surface area (TPSA) is 98.2 Å². The van der Waals surface area contributed by atoms with Crippen LogP contribution in [0.25, 0.3) is 0 Å². The largest absolute Gasteiger partial charge is 0.390 e. The molecule has 0 saturated carbocycles. The number of hydrogen-bond acceptors (Lipinski definition) is 5. The van der Waals surface area contributed by atoms with Crippen LogP contribution in [0, 0.1) is 5.82 Å². The Kier molecular flexibility index (Phi) is 4.99. The average Bonchev–Trinajstić information content (AvgIpc) is 3.08. The number of aliphatic hydroxyl groups is 2. The summed E-state index contributed by atoms with van der Waals surface area (Å²) in [6.45, 7) is 0.724. The van der Waals surface area contributed by atoms with Gasteiger partial charge in [-0.1, -0.05) is 0 Å². The molecule has 3 unspecified atom stereocenters. The van der Waals surface area contributed by atoms with Crippen molar-refractivity contribution < 1.29 is 27.8 Å². The molecule has 1 aromatic carbocycles. The molecular formula is C16H21FN2O5S. The van der Waals surface area contributed by atoms with Gasteiger partial charge in [0.1, 0.15) is 5.82 Å². The summed E-state index contributed by atoms with van der Waals surface area (Å²) < 4.78 is 38.3. The molecule has 138 valence electrons. The highest BCUT2D eigenvalue weighted by Gasteiger charge is 2.39. The molecule has 25 heavy (non-hydrogen) atoms. The third-order valence-electron chi connectivity index (χ3n) is 4.81. The van der Waals surface area contributed by atoms with E-state index >= 15 is 0 Å². The Morgan fingerprint density at radius 3 is 2.24 bits per heavy atom. The first kappa shape index (κ1) is 18.1. The lowest BCUT2D eigenvalue weighted by molar-refractivity contribution is -0.0305. The summed E-state index contributed by atoms with van der Waals surface area (Å²) in [7, 11) is -3.64. The molecule has 1 aromatic rings. The number of β-amino-alcohol motifs (C(OH)–C–C–N with tert-alkyl or cyclic N) is 1. The van der Waals surface area contributed by atoms with Gasteiger partial charge in [-0.15, -0.1) is 0 Å². The Hall–Kier alpha value is -1.71. The van der Waals surface area contributed by atoms with Gasteiger partial charge in [0.05, 0.1) is 28.9 Å². The normalized spacial score (nSPS) is 27.6.